The van der Waals surface area contributed by atoms with Crippen molar-refractivity contribution in [2.45, 2.75) is 45.4 Å². The fourth-order valence-corrected chi connectivity index (χ4v) is 4.07. The van der Waals surface area contributed by atoms with E-state index in [-0.39, 0.29) is 0 Å². The molecule has 0 radical (unpaired) electrons. The summed E-state index contributed by atoms with van der Waals surface area (Å²) in [6, 6.07) is 0. The van der Waals surface area contributed by atoms with Crippen molar-refractivity contribution in [3.05, 3.63) is 0 Å². The Bertz CT molecular complexity index is 279. The summed E-state index contributed by atoms with van der Waals surface area (Å²) in [4.78, 5) is 5.10. The summed E-state index contributed by atoms with van der Waals surface area (Å²) in [5, 5.41) is 12.8. The summed E-state index contributed by atoms with van der Waals surface area (Å²) in [5.41, 5.74) is 0.529. The van der Waals surface area contributed by atoms with Crippen molar-refractivity contribution < 1.29 is 5.11 Å². The molecule has 0 bridgehead atoms. The van der Waals surface area contributed by atoms with Crippen LogP contribution in [0.1, 0.15) is 45.4 Å². The van der Waals surface area contributed by atoms with Crippen LogP contribution in [-0.4, -0.2) is 73.9 Å². The van der Waals surface area contributed by atoms with E-state index in [4.69, 9.17) is 5.11 Å². The van der Waals surface area contributed by atoms with Gasteiger partial charge >= 0.3 is 0 Å². The summed E-state index contributed by atoms with van der Waals surface area (Å²) >= 11 is 0. The van der Waals surface area contributed by atoms with Crippen LogP contribution in [-0.2, 0) is 0 Å². The predicted octanol–water partition coefficient (Wildman–Crippen LogP) is 1.55. The predicted molar refractivity (Wildman–Crippen MR) is 88.6 cm³/mol. The molecule has 2 N–H and O–H groups in total. The van der Waals surface area contributed by atoms with E-state index in [2.05, 4.69) is 22.0 Å². The van der Waals surface area contributed by atoms with Gasteiger partial charge in [-0.15, -0.1) is 0 Å². The van der Waals surface area contributed by atoms with Crippen LogP contribution in [0.4, 0.5) is 0 Å². The van der Waals surface area contributed by atoms with E-state index in [1.807, 2.05) is 0 Å². The van der Waals surface area contributed by atoms with Gasteiger partial charge in [-0.1, -0.05) is 19.8 Å². The third-order valence-corrected chi connectivity index (χ3v) is 5.25. The van der Waals surface area contributed by atoms with E-state index in [1.54, 1.807) is 0 Å². The molecule has 0 aromatic heterocycles. The molecule has 2 aliphatic rings. The van der Waals surface area contributed by atoms with Gasteiger partial charge in [-0.25, -0.2) is 0 Å². The molecule has 0 amide bonds. The first-order valence-corrected chi connectivity index (χ1v) is 9.04. The topological polar surface area (TPSA) is 38.7 Å². The lowest BCUT2D eigenvalue weighted by Gasteiger charge is -2.35. The van der Waals surface area contributed by atoms with Crippen molar-refractivity contribution in [1.82, 2.24) is 15.1 Å². The molecule has 1 aliphatic carbocycles. The largest absolute Gasteiger partial charge is 0.395 e. The minimum Gasteiger partial charge on any atom is -0.395 e. The van der Waals surface area contributed by atoms with Crippen LogP contribution in [0.2, 0.25) is 0 Å². The van der Waals surface area contributed by atoms with E-state index in [1.165, 1.54) is 64.7 Å². The fourth-order valence-electron chi connectivity index (χ4n) is 4.07. The van der Waals surface area contributed by atoms with E-state index in [0.717, 1.165) is 26.2 Å². The van der Waals surface area contributed by atoms with Crippen LogP contribution in [0, 0.1) is 5.41 Å². The van der Waals surface area contributed by atoms with Gasteiger partial charge in [0.15, 0.2) is 0 Å². The smallest absolute Gasteiger partial charge is 0.0558 e. The van der Waals surface area contributed by atoms with Gasteiger partial charge in [-0.3, -0.25) is 4.90 Å². The van der Waals surface area contributed by atoms with Crippen LogP contribution >= 0.6 is 0 Å². The van der Waals surface area contributed by atoms with Gasteiger partial charge < -0.3 is 15.3 Å². The van der Waals surface area contributed by atoms with Crippen LogP contribution in [0.25, 0.3) is 0 Å². The van der Waals surface area contributed by atoms with E-state index in [9.17, 15) is 0 Å². The number of β-amino-alcohol motifs (C(OH)–C–C–N with tert-alkyl or cyclic N) is 1. The summed E-state index contributed by atoms with van der Waals surface area (Å²) < 4.78 is 0. The quantitative estimate of drug-likeness (QED) is 0.667. The Labute approximate surface area is 130 Å². The number of rotatable bonds is 8. The lowest BCUT2D eigenvalue weighted by Crippen LogP contribution is -2.44. The zero-order valence-electron chi connectivity index (χ0n) is 13.9. The van der Waals surface area contributed by atoms with Crippen molar-refractivity contribution in [2.75, 3.05) is 59.0 Å². The Kier molecular flexibility index (Phi) is 7.44. The molecule has 4 nitrogen and oxygen atoms in total. The van der Waals surface area contributed by atoms with Gasteiger partial charge in [0, 0.05) is 32.7 Å². The Morgan fingerprint density at radius 2 is 1.71 bits per heavy atom. The Morgan fingerprint density at radius 3 is 2.43 bits per heavy atom. The van der Waals surface area contributed by atoms with E-state index in [0.29, 0.717) is 12.0 Å². The first kappa shape index (κ1) is 17.2. The van der Waals surface area contributed by atoms with Crippen LogP contribution in [0.5, 0.6) is 0 Å². The van der Waals surface area contributed by atoms with Crippen molar-refractivity contribution >= 4 is 0 Å². The molecule has 1 saturated carbocycles. The molecule has 21 heavy (non-hydrogen) atoms. The van der Waals surface area contributed by atoms with Crippen molar-refractivity contribution in [1.29, 1.82) is 0 Å². The fraction of sp³-hybridized carbons (Fsp3) is 1.00. The minimum absolute atomic E-state index is 0.297. The van der Waals surface area contributed by atoms with Crippen molar-refractivity contribution in [3.63, 3.8) is 0 Å². The van der Waals surface area contributed by atoms with Crippen LogP contribution in [0.15, 0.2) is 0 Å². The molecule has 2 fully saturated rings. The average Bonchev–Trinajstić information content (AvgIpc) is 2.82. The Morgan fingerprint density at radius 1 is 1.00 bits per heavy atom. The second-order valence-electron chi connectivity index (χ2n) is 7.08. The molecule has 4 heteroatoms. The highest BCUT2D eigenvalue weighted by Gasteiger charge is 2.35. The first-order chi connectivity index (χ1) is 10.3. The number of nitrogens with zero attached hydrogens (tertiary/aromatic N) is 2. The molecule has 2 rings (SSSR count). The maximum Gasteiger partial charge on any atom is 0.0558 e. The molecule has 124 valence electrons. The molecule has 0 atom stereocenters. The third kappa shape index (κ3) is 5.51. The molecule has 0 aromatic carbocycles. The number of aliphatic hydroxyl groups excluding tert-OH is 1. The van der Waals surface area contributed by atoms with Gasteiger partial charge in [-0.05, 0) is 50.7 Å². The van der Waals surface area contributed by atoms with Crippen LogP contribution in [0.3, 0.4) is 0 Å². The summed E-state index contributed by atoms with van der Waals surface area (Å²) in [5.74, 6) is 0. The number of hydrogen-bond donors (Lipinski definition) is 2. The highest BCUT2D eigenvalue weighted by molar-refractivity contribution is 4.90. The molecule has 0 aromatic rings. The SMILES string of the molecule is CCCNCC1(CN2CCCN(CCO)CC2)CCCC1. The molecule has 1 saturated heterocycles. The second-order valence-corrected chi connectivity index (χ2v) is 7.08. The zero-order chi connectivity index (χ0) is 15.0. The number of aliphatic hydroxyl groups is 1. The van der Waals surface area contributed by atoms with Crippen molar-refractivity contribution in [3.8, 4) is 0 Å². The Hall–Kier alpha value is -0.160. The highest BCUT2D eigenvalue weighted by Crippen LogP contribution is 2.38. The molecular weight excluding hydrogens is 262 g/mol. The van der Waals surface area contributed by atoms with E-state index < -0.39 is 0 Å². The van der Waals surface area contributed by atoms with Crippen molar-refractivity contribution in [2.24, 2.45) is 5.41 Å². The Balaban J connectivity index is 1.82. The van der Waals surface area contributed by atoms with Gasteiger partial charge in [0.25, 0.3) is 0 Å². The second kappa shape index (κ2) is 9.09. The molecule has 0 unspecified atom stereocenters. The maximum absolute atomic E-state index is 9.10. The van der Waals surface area contributed by atoms with Gasteiger partial charge in [0.2, 0.25) is 0 Å². The maximum atomic E-state index is 9.10. The lowest BCUT2D eigenvalue weighted by atomic mass is 9.85. The first-order valence-electron chi connectivity index (χ1n) is 9.04. The summed E-state index contributed by atoms with van der Waals surface area (Å²) in [6.07, 6.45) is 8.12. The normalized spacial score (nSPS) is 24.3. The van der Waals surface area contributed by atoms with Crippen LogP contribution < -0.4 is 5.32 Å². The standard InChI is InChI=1S/C17H35N3O/c1-2-8-18-15-17(6-3-4-7-17)16-20-10-5-9-19(11-12-20)13-14-21/h18,21H,2-16H2,1H3. The van der Waals surface area contributed by atoms with Gasteiger partial charge in [0.1, 0.15) is 0 Å². The van der Waals surface area contributed by atoms with Gasteiger partial charge in [-0.2, -0.15) is 0 Å². The molecular formula is C17H35N3O. The van der Waals surface area contributed by atoms with E-state index >= 15 is 0 Å². The average molecular weight is 297 g/mol. The number of hydrogen-bond acceptors (Lipinski definition) is 4. The zero-order valence-corrected chi connectivity index (χ0v) is 13.9. The molecule has 0 spiro atoms. The minimum atomic E-state index is 0.297. The summed E-state index contributed by atoms with van der Waals surface area (Å²) in [7, 11) is 0. The highest BCUT2D eigenvalue weighted by atomic mass is 16.3. The monoisotopic (exact) mass is 297 g/mol. The molecule has 1 aliphatic heterocycles. The lowest BCUT2D eigenvalue weighted by molar-refractivity contribution is 0.147. The summed E-state index contributed by atoms with van der Waals surface area (Å²) in [6.45, 7) is 11.7. The number of nitrogens with one attached hydrogen (secondary N) is 1. The van der Waals surface area contributed by atoms with Gasteiger partial charge in [0.05, 0.1) is 6.61 Å². The third-order valence-electron chi connectivity index (χ3n) is 5.25. The molecule has 1 heterocycles.